The average Bonchev–Trinajstić information content (AvgIpc) is 2.85. The predicted molar refractivity (Wildman–Crippen MR) is 82.3 cm³/mol. The maximum absolute atomic E-state index is 12.5. The molecule has 23 heavy (non-hydrogen) atoms. The lowest BCUT2D eigenvalue weighted by Crippen LogP contribution is -2.42. The SMILES string of the molecule is COc1cccc2c1OC[C@H](NS(=O)(=O)c1c(C)noc1C)C2. The van der Waals surface area contributed by atoms with Gasteiger partial charge in [0.25, 0.3) is 0 Å². The molecule has 124 valence electrons. The van der Waals surface area contributed by atoms with Gasteiger partial charge in [-0.15, -0.1) is 0 Å². The normalized spacial score (nSPS) is 17.4. The van der Waals surface area contributed by atoms with E-state index in [2.05, 4.69) is 9.88 Å². The van der Waals surface area contributed by atoms with Crippen LogP contribution in [0, 0.1) is 13.8 Å². The van der Waals surface area contributed by atoms with E-state index in [0.29, 0.717) is 23.6 Å². The monoisotopic (exact) mass is 338 g/mol. The number of methoxy groups -OCH3 is 1. The molecule has 7 nitrogen and oxygen atoms in total. The fourth-order valence-electron chi connectivity index (χ4n) is 2.77. The molecule has 0 bridgehead atoms. The molecule has 1 aliphatic rings. The molecule has 0 saturated carbocycles. The molecule has 1 atom stereocenters. The summed E-state index contributed by atoms with van der Waals surface area (Å²) < 4.78 is 43.6. The van der Waals surface area contributed by atoms with Gasteiger partial charge in [-0.2, -0.15) is 0 Å². The molecule has 1 aromatic heterocycles. The summed E-state index contributed by atoms with van der Waals surface area (Å²) >= 11 is 0. The fraction of sp³-hybridized carbons (Fsp3) is 0.400. The largest absolute Gasteiger partial charge is 0.493 e. The van der Waals surface area contributed by atoms with E-state index in [1.54, 1.807) is 21.0 Å². The topological polar surface area (TPSA) is 90.7 Å². The van der Waals surface area contributed by atoms with E-state index in [1.165, 1.54) is 0 Å². The van der Waals surface area contributed by atoms with Gasteiger partial charge in [0.05, 0.1) is 13.2 Å². The maximum atomic E-state index is 12.5. The number of sulfonamides is 1. The van der Waals surface area contributed by atoms with E-state index in [-0.39, 0.29) is 23.3 Å². The van der Waals surface area contributed by atoms with Crippen molar-refractivity contribution < 1.29 is 22.4 Å². The zero-order valence-corrected chi connectivity index (χ0v) is 13.9. The highest BCUT2D eigenvalue weighted by Crippen LogP contribution is 2.34. The molecule has 1 aliphatic heterocycles. The molecular weight excluding hydrogens is 320 g/mol. The van der Waals surface area contributed by atoms with Gasteiger partial charge >= 0.3 is 0 Å². The van der Waals surface area contributed by atoms with Crippen LogP contribution in [-0.2, 0) is 16.4 Å². The van der Waals surface area contributed by atoms with Gasteiger partial charge in [-0.1, -0.05) is 17.3 Å². The van der Waals surface area contributed by atoms with E-state index >= 15 is 0 Å². The van der Waals surface area contributed by atoms with Gasteiger partial charge in [0.2, 0.25) is 10.0 Å². The number of benzene rings is 1. The van der Waals surface area contributed by atoms with Crippen molar-refractivity contribution in [1.82, 2.24) is 9.88 Å². The third-order valence-electron chi connectivity index (χ3n) is 3.73. The van der Waals surface area contributed by atoms with E-state index in [4.69, 9.17) is 14.0 Å². The number of para-hydroxylation sites is 1. The van der Waals surface area contributed by atoms with Crippen LogP contribution in [0.1, 0.15) is 17.0 Å². The lowest BCUT2D eigenvalue weighted by molar-refractivity contribution is 0.240. The summed E-state index contributed by atoms with van der Waals surface area (Å²) in [6, 6.07) is 5.20. The smallest absolute Gasteiger partial charge is 0.246 e. The Morgan fingerprint density at radius 3 is 2.78 bits per heavy atom. The van der Waals surface area contributed by atoms with Gasteiger partial charge in [0.15, 0.2) is 17.3 Å². The molecule has 2 heterocycles. The van der Waals surface area contributed by atoms with Crippen LogP contribution >= 0.6 is 0 Å². The van der Waals surface area contributed by atoms with Crippen molar-refractivity contribution >= 4 is 10.0 Å². The second-order valence-corrected chi connectivity index (χ2v) is 7.09. The van der Waals surface area contributed by atoms with Crippen LogP contribution in [0.3, 0.4) is 0 Å². The zero-order chi connectivity index (χ0) is 16.6. The molecular formula is C15H18N2O5S. The van der Waals surface area contributed by atoms with Crippen LogP contribution in [0.25, 0.3) is 0 Å². The molecule has 8 heteroatoms. The second-order valence-electron chi connectivity index (χ2n) is 5.44. The Balaban J connectivity index is 1.83. The maximum Gasteiger partial charge on any atom is 0.246 e. The number of aromatic nitrogens is 1. The third kappa shape index (κ3) is 2.91. The number of fused-ring (bicyclic) bond motifs is 1. The van der Waals surface area contributed by atoms with Gasteiger partial charge in [-0.3, -0.25) is 0 Å². The lowest BCUT2D eigenvalue weighted by Gasteiger charge is -2.26. The summed E-state index contributed by atoms with van der Waals surface area (Å²) in [7, 11) is -2.14. The Morgan fingerprint density at radius 1 is 1.35 bits per heavy atom. The molecule has 0 radical (unpaired) electrons. The fourth-order valence-corrected chi connectivity index (χ4v) is 4.32. The van der Waals surface area contributed by atoms with E-state index in [0.717, 1.165) is 5.56 Å². The molecule has 0 saturated heterocycles. The Hall–Kier alpha value is -2.06. The van der Waals surface area contributed by atoms with Crippen molar-refractivity contribution in [2.24, 2.45) is 0 Å². The van der Waals surface area contributed by atoms with Crippen LogP contribution in [0.5, 0.6) is 11.5 Å². The minimum atomic E-state index is -3.71. The average molecular weight is 338 g/mol. The van der Waals surface area contributed by atoms with Gasteiger partial charge in [0.1, 0.15) is 17.2 Å². The predicted octanol–water partition coefficient (Wildman–Crippen LogP) is 1.58. The first-order valence-corrected chi connectivity index (χ1v) is 8.64. The lowest BCUT2D eigenvalue weighted by atomic mass is 10.0. The number of ether oxygens (including phenoxy) is 2. The molecule has 0 spiro atoms. The number of nitrogens with one attached hydrogen (secondary N) is 1. The Bertz CT molecular complexity index is 809. The summed E-state index contributed by atoms with van der Waals surface area (Å²) in [5, 5.41) is 3.69. The number of rotatable bonds is 4. The first kappa shape index (κ1) is 15.8. The van der Waals surface area contributed by atoms with Gasteiger partial charge in [-0.25, -0.2) is 13.1 Å². The van der Waals surface area contributed by atoms with Crippen molar-refractivity contribution in [2.75, 3.05) is 13.7 Å². The molecule has 2 aromatic rings. The van der Waals surface area contributed by atoms with Crippen molar-refractivity contribution in [1.29, 1.82) is 0 Å². The van der Waals surface area contributed by atoms with Crippen molar-refractivity contribution in [3.63, 3.8) is 0 Å². The number of hydrogen-bond acceptors (Lipinski definition) is 6. The van der Waals surface area contributed by atoms with Gasteiger partial charge < -0.3 is 14.0 Å². The Labute approximate surface area is 134 Å². The third-order valence-corrected chi connectivity index (χ3v) is 5.50. The summed E-state index contributed by atoms with van der Waals surface area (Å²) in [6.45, 7) is 3.41. The van der Waals surface area contributed by atoms with E-state index in [1.807, 2.05) is 18.2 Å². The highest BCUT2D eigenvalue weighted by atomic mass is 32.2. The van der Waals surface area contributed by atoms with Gasteiger partial charge in [0, 0.05) is 0 Å². The highest BCUT2D eigenvalue weighted by molar-refractivity contribution is 7.89. The minimum absolute atomic E-state index is 0.0916. The second kappa shape index (κ2) is 5.86. The summed E-state index contributed by atoms with van der Waals surface area (Å²) in [4.78, 5) is 0.0916. The van der Waals surface area contributed by atoms with Crippen LogP contribution in [0.15, 0.2) is 27.6 Å². The Kier molecular flexibility index (Phi) is 4.03. The molecule has 0 fully saturated rings. The number of hydrogen-bond donors (Lipinski definition) is 1. The van der Waals surface area contributed by atoms with E-state index < -0.39 is 10.0 Å². The molecule has 0 aliphatic carbocycles. The molecule has 3 rings (SSSR count). The number of aryl methyl sites for hydroxylation is 2. The van der Waals surface area contributed by atoms with Crippen molar-refractivity contribution in [2.45, 2.75) is 31.2 Å². The minimum Gasteiger partial charge on any atom is -0.493 e. The molecule has 1 aromatic carbocycles. The molecule has 0 unspecified atom stereocenters. The molecule has 0 amide bonds. The van der Waals surface area contributed by atoms with Crippen LogP contribution in [0.4, 0.5) is 0 Å². The van der Waals surface area contributed by atoms with E-state index in [9.17, 15) is 8.42 Å². The summed E-state index contributed by atoms with van der Waals surface area (Å²) in [6.07, 6.45) is 0.523. The number of nitrogens with zero attached hydrogens (tertiary/aromatic N) is 1. The molecule has 1 N–H and O–H groups in total. The quantitative estimate of drug-likeness (QED) is 0.910. The van der Waals surface area contributed by atoms with Crippen LogP contribution in [-0.4, -0.2) is 33.3 Å². The zero-order valence-electron chi connectivity index (χ0n) is 13.1. The van der Waals surface area contributed by atoms with Crippen molar-refractivity contribution in [3.05, 3.63) is 35.2 Å². The Morgan fingerprint density at radius 2 is 2.13 bits per heavy atom. The standard InChI is InChI=1S/C15H18N2O5S/c1-9-15(10(2)22-16-9)23(18,19)17-12-7-11-5-4-6-13(20-3)14(11)21-8-12/h4-6,12,17H,7-8H2,1-3H3/t12-/m1/s1. The first-order chi connectivity index (χ1) is 10.9. The first-order valence-electron chi connectivity index (χ1n) is 7.16. The summed E-state index contributed by atoms with van der Waals surface area (Å²) in [5.41, 5.74) is 1.25. The highest BCUT2D eigenvalue weighted by Gasteiger charge is 2.30. The van der Waals surface area contributed by atoms with Crippen molar-refractivity contribution in [3.8, 4) is 11.5 Å². The van der Waals surface area contributed by atoms with Crippen LogP contribution < -0.4 is 14.2 Å². The van der Waals surface area contributed by atoms with Gasteiger partial charge in [-0.05, 0) is 31.9 Å². The summed E-state index contributed by atoms with van der Waals surface area (Å²) in [5.74, 6) is 1.59. The van der Waals surface area contributed by atoms with Crippen LogP contribution in [0.2, 0.25) is 0 Å².